The van der Waals surface area contributed by atoms with Crippen molar-refractivity contribution in [1.82, 2.24) is 5.01 Å². The van der Waals surface area contributed by atoms with Crippen LogP contribution < -0.4 is 0 Å². The Bertz CT molecular complexity index is 726. The van der Waals surface area contributed by atoms with Gasteiger partial charge in [-0.2, -0.15) is 5.10 Å². The van der Waals surface area contributed by atoms with Crippen molar-refractivity contribution in [3.63, 3.8) is 0 Å². The molecule has 0 aliphatic carbocycles. The molecule has 23 heavy (non-hydrogen) atoms. The standard InChI is InChI=1S/C18H18ClN3S/c1-20-18(23-2)22-12-16(13-6-4-3-5-7-13)17(21-22)14-8-10-15(19)11-9-14/h3-11,16H,12H2,1-2H3/b20-18-. The van der Waals surface area contributed by atoms with Gasteiger partial charge in [-0.05, 0) is 29.5 Å². The number of halogens is 1. The molecule has 118 valence electrons. The number of thioether (sulfide) groups is 1. The zero-order valence-electron chi connectivity index (χ0n) is 13.1. The van der Waals surface area contributed by atoms with Gasteiger partial charge in [-0.25, -0.2) is 5.01 Å². The molecule has 0 amide bonds. The SMILES string of the molecule is C/N=C(\SC)N1CC(c2ccccc2)C(c2ccc(Cl)cc2)=N1. The third kappa shape index (κ3) is 3.43. The molecule has 3 nitrogen and oxygen atoms in total. The first-order chi connectivity index (χ1) is 11.2. The van der Waals surface area contributed by atoms with Gasteiger partial charge in [-0.3, -0.25) is 4.99 Å². The average molecular weight is 344 g/mol. The molecule has 0 spiro atoms. The lowest BCUT2D eigenvalue weighted by atomic mass is 9.91. The summed E-state index contributed by atoms with van der Waals surface area (Å²) in [5.41, 5.74) is 3.42. The average Bonchev–Trinajstić information content (AvgIpc) is 3.02. The maximum absolute atomic E-state index is 6.02. The summed E-state index contributed by atoms with van der Waals surface area (Å²) in [6.07, 6.45) is 2.02. The molecule has 0 N–H and O–H groups in total. The third-order valence-corrected chi connectivity index (χ3v) is 4.86. The minimum atomic E-state index is 0.223. The molecule has 0 fully saturated rings. The van der Waals surface area contributed by atoms with E-state index in [2.05, 4.69) is 29.3 Å². The van der Waals surface area contributed by atoms with E-state index in [-0.39, 0.29) is 5.92 Å². The van der Waals surface area contributed by atoms with Gasteiger partial charge in [0, 0.05) is 18.0 Å². The van der Waals surface area contributed by atoms with E-state index >= 15 is 0 Å². The van der Waals surface area contributed by atoms with Crippen molar-refractivity contribution in [3.05, 3.63) is 70.7 Å². The van der Waals surface area contributed by atoms with E-state index in [1.165, 1.54) is 5.56 Å². The van der Waals surface area contributed by atoms with Gasteiger partial charge in [-0.15, -0.1) is 0 Å². The minimum Gasteiger partial charge on any atom is -0.264 e. The molecule has 0 aromatic heterocycles. The molecule has 1 unspecified atom stereocenters. The highest BCUT2D eigenvalue weighted by atomic mass is 35.5. The Morgan fingerprint density at radius 2 is 1.87 bits per heavy atom. The predicted molar refractivity (Wildman–Crippen MR) is 101 cm³/mol. The van der Waals surface area contributed by atoms with Gasteiger partial charge < -0.3 is 0 Å². The smallest absolute Gasteiger partial charge is 0.179 e. The van der Waals surface area contributed by atoms with Crippen molar-refractivity contribution < 1.29 is 0 Å². The van der Waals surface area contributed by atoms with E-state index in [1.54, 1.807) is 18.8 Å². The Morgan fingerprint density at radius 1 is 1.17 bits per heavy atom. The van der Waals surface area contributed by atoms with E-state index in [4.69, 9.17) is 16.7 Å². The largest absolute Gasteiger partial charge is 0.264 e. The van der Waals surface area contributed by atoms with Crippen LogP contribution >= 0.6 is 23.4 Å². The number of amidine groups is 1. The molecular formula is C18H18ClN3S. The first-order valence-electron chi connectivity index (χ1n) is 7.40. The molecule has 0 saturated carbocycles. The van der Waals surface area contributed by atoms with E-state index in [9.17, 15) is 0 Å². The molecule has 1 aliphatic heterocycles. The van der Waals surface area contributed by atoms with E-state index in [0.29, 0.717) is 0 Å². The summed E-state index contributed by atoms with van der Waals surface area (Å²) in [4.78, 5) is 4.34. The molecule has 5 heteroatoms. The molecule has 0 saturated heterocycles. The first-order valence-corrected chi connectivity index (χ1v) is 9.01. The Labute approximate surface area is 146 Å². The normalized spacial score (nSPS) is 18.2. The van der Waals surface area contributed by atoms with Crippen LogP contribution in [0, 0.1) is 0 Å². The summed E-state index contributed by atoms with van der Waals surface area (Å²) in [6, 6.07) is 18.4. The quantitative estimate of drug-likeness (QED) is 0.593. The van der Waals surface area contributed by atoms with Crippen molar-refractivity contribution in [2.24, 2.45) is 10.1 Å². The van der Waals surface area contributed by atoms with E-state index in [1.807, 2.05) is 41.6 Å². The van der Waals surface area contributed by atoms with Crippen LogP contribution in [0.15, 0.2) is 64.7 Å². The van der Waals surface area contributed by atoms with Crippen molar-refractivity contribution in [3.8, 4) is 0 Å². The first kappa shape index (κ1) is 16.1. The van der Waals surface area contributed by atoms with Gasteiger partial charge in [0.05, 0.1) is 12.3 Å². The molecule has 1 aliphatic rings. The highest BCUT2D eigenvalue weighted by Crippen LogP contribution is 2.30. The molecule has 0 radical (unpaired) electrons. The summed E-state index contributed by atoms with van der Waals surface area (Å²) in [6.45, 7) is 0.801. The fraction of sp³-hybridized carbons (Fsp3) is 0.222. The second kappa shape index (κ2) is 7.20. The molecule has 0 bridgehead atoms. The zero-order chi connectivity index (χ0) is 16.2. The number of nitrogens with zero attached hydrogens (tertiary/aromatic N) is 3. The molecule has 2 aromatic carbocycles. The van der Waals surface area contributed by atoms with Gasteiger partial charge in [0.15, 0.2) is 5.17 Å². The van der Waals surface area contributed by atoms with Gasteiger partial charge in [-0.1, -0.05) is 65.8 Å². The van der Waals surface area contributed by atoms with Gasteiger partial charge in [0.2, 0.25) is 0 Å². The number of benzene rings is 2. The lowest BCUT2D eigenvalue weighted by molar-refractivity contribution is 0.484. The highest BCUT2D eigenvalue weighted by Gasteiger charge is 2.30. The minimum absolute atomic E-state index is 0.223. The van der Waals surface area contributed by atoms with Crippen molar-refractivity contribution >= 4 is 34.2 Å². The van der Waals surface area contributed by atoms with Gasteiger partial charge >= 0.3 is 0 Å². The van der Waals surface area contributed by atoms with Crippen LogP contribution in [0.2, 0.25) is 5.02 Å². The van der Waals surface area contributed by atoms with Gasteiger partial charge in [0.1, 0.15) is 0 Å². The lowest BCUT2D eigenvalue weighted by Crippen LogP contribution is -2.23. The third-order valence-electron chi connectivity index (χ3n) is 3.85. The monoisotopic (exact) mass is 343 g/mol. The van der Waals surface area contributed by atoms with Crippen molar-refractivity contribution in [1.29, 1.82) is 0 Å². The highest BCUT2D eigenvalue weighted by molar-refractivity contribution is 8.13. The van der Waals surface area contributed by atoms with Crippen molar-refractivity contribution in [2.45, 2.75) is 5.92 Å². The number of hydrogen-bond acceptors (Lipinski definition) is 3. The maximum atomic E-state index is 6.02. The Morgan fingerprint density at radius 3 is 2.48 bits per heavy atom. The maximum Gasteiger partial charge on any atom is 0.179 e. The summed E-state index contributed by atoms with van der Waals surface area (Å²) in [7, 11) is 1.80. The number of rotatable bonds is 2. The van der Waals surface area contributed by atoms with Crippen LogP contribution in [-0.2, 0) is 0 Å². The van der Waals surface area contributed by atoms with Crippen LogP contribution in [0.5, 0.6) is 0 Å². The second-order valence-corrected chi connectivity index (χ2v) is 6.46. The zero-order valence-corrected chi connectivity index (χ0v) is 14.7. The number of hydrogen-bond donors (Lipinski definition) is 0. The summed E-state index contributed by atoms with van der Waals surface area (Å²) >= 11 is 7.63. The van der Waals surface area contributed by atoms with Crippen LogP contribution in [0.3, 0.4) is 0 Å². The Hall–Kier alpha value is -1.78. The van der Waals surface area contributed by atoms with Crippen LogP contribution in [0.25, 0.3) is 0 Å². The Kier molecular flexibility index (Phi) is 5.03. The number of aliphatic imine (C=N–C) groups is 1. The van der Waals surface area contributed by atoms with E-state index in [0.717, 1.165) is 28.0 Å². The van der Waals surface area contributed by atoms with Gasteiger partial charge in [0.25, 0.3) is 0 Å². The summed E-state index contributed by atoms with van der Waals surface area (Å²) in [5, 5.41) is 8.50. The fourth-order valence-corrected chi connectivity index (χ4v) is 3.40. The van der Waals surface area contributed by atoms with Crippen LogP contribution in [-0.4, -0.2) is 35.7 Å². The molecule has 3 rings (SSSR count). The van der Waals surface area contributed by atoms with E-state index < -0.39 is 0 Å². The topological polar surface area (TPSA) is 28.0 Å². The molecule has 1 heterocycles. The Balaban J connectivity index is 2.01. The predicted octanol–water partition coefficient (Wildman–Crippen LogP) is 4.49. The summed E-state index contributed by atoms with van der Waals surface area (Å²) in [5.74, 6) is 0.223. The number of hydrazone groups is 1. The molecule has 1 atom stereocenters. The lowest BCUT2D eigenvalue weighted by Gasteiger charge is -2.16. The molecule has 2 aromatic rings. The van der Waals surface area contributed by atoms with Crippen molar-refractivity contribution in [2.75, 3.05) is 19.8 Å². The molecular weight excluding hydrogens is 326 g/mol. The fourth-order valence-electron chi connectivity index (χ4n) is 2.76. The summed E-state index contributed by atoms with van der Waals surface area (Å²) < 4.78 is 0. The van der Waals surface area contributed by atoms with Crippen LogP contribution in [0.1, 0.15) is 17.0 Å². The van der Waals surface area contributed by atoms with Crippen LogP contribution in [0.4, 0.5) is 0 Å². The second-order valence-electron chi connectivity index (χ2n) is 5.25.